The van der Waals surface area contributed by atoms with Gasteiger partial charge in [0.1, 0.15) is 10.6 Å². The molecule has 1 heterocycles. The summed E-state index contributed by atoms with van der Waals surface area (Å²) in [6, 6.07) is 4.09. The maximum absolute atomic E-state index is 13.2. The zero-order chi connectivity index (χ0) is 22.5. The number of methoxy groups -OCH3 is 1. The topological polar surface area (TPSA) is 113 Å². The van der Waals surface area contributed by atoms with Crippen molar-refractivity contribution in [3.63, 3.8) is 0 Å². The van der Waals surface area contributed by atoms with Gasteiger partial charge in [-0.3, -0.25) is 4.79 Å². The SMILES string of the molecule is CCN(CC)S(=O)(=O)c1cc(C(=O)N2CCCCC2CNS(C)(=O)=O)ccc1OC. The van der Waals surface area contributed by atoms with Crippen LogP contribution in [0.25, 0.3) is 0 Å². The molecule has 1 saturated heterocycles. The molecule has 0 spiro atoms. The van der Waals surface area contributed by atoms with Gasteiger partial charge in [0.25, 0.3) is 5.91 Å². The van der Waals surface area contributed by atoms with E-state index in [1.165, 1.54) is 29.6 Å². The van der Waals surface area contributed by atoms with E-state index in [4.69, 9.17) is 4.74 Å². The molecular formula is C19H31N3O6S2. The minimum atomic E-state index is -3.83. The second-order valence-corrected chi connectivity index (χ2v) is 11.0. The fourth-order valence-electron chi connectivity index (χ4n) is 3.61. The molecule has 0 bridgehead atoms. The van der Waals surface area contributed by atoms with Gasteiger partial charge in [-0.05, 0) is 37.5 Å². The third kappa shape index (κ3) is 5.71. The Morgan fingerprint density at radius 2 is 1.87 bits per heavy atom. The average molecular weight is 462 g/mol. The Morgan fingerprint density at radius 1 is 1.20 bits per heavy atom. The van der Waals surface area contributed by atoms with Crippen LogP contribution in [0.5, 0.6) is 5.75 Å². The number of carbonyl (C=O) groups is 1. The van der Waals surface area contributed by atoms with E-state index >= 15 is 0 Å². The fourth-order valence-corrected chi connectivity index (χ4v) is 5.74. The summed E-state index contributed by atoms with van der Waals surface area (Å²) in [4.78, 5) is 14.8. The number of nitrogens with zero attached hydrogens (tertiary/aromatic N) is 2. The number of hydrogen-bond donors (Lipinski definition) is 1. The highest BCUT2D eigenvalue weighted by atomic mass is 32.2. The van der Waals surface area contributed by atoms with Crippen molar-refractivity contribution in [3.8, 4) is 5.75 Å². The van der Waals surface area contributed by atoms with Crippen LogP contribution in [0.2, 0.25) is 0 Å². The number of piperidine rings is 1. The molecule has 170 valence electrons. The number of sulfonamides is 2. The summed E-state index contributed by atoms with van der Waals surface area (Å²) in [6.07, 6.45) is 3.46. The molecule has 9 nitrogen and oxygen atoms in total. The van der Waals surface area contributed by atoms with Crippen LogP contribution in [0, 0.1) is 0 Å². The van der Waals surface area contributed by atoms with E-state index in [1.54, 1.807) is 18.7 Å². The number of ether oxygens (including phenoxy) is 1. The molecular weight excluding hydrogens is 430 g/mol. The first-order chi connectivity index (χ1) is 14.0. The van der Waals surface area contributed by atoms with Crippen LogP contribution in [-0.2, 0) is 20.0 Å². The normalized spacial score (nSPS) is 17.9. The molecule has 1 atom stereocenters. The van der Waals surface area contributed by atoms with Gasteiger partial charge >= 0.3 is 0 Å². The van der Waals surface area contributed by atoms with Crippen molar-refractivity contribution in [1.82, 2.24) is 13.9 Å². The molecule has 0 radical (unpaired) electrons. The van der Waals surface area contributed by atoms with E-state index in [-0.39, 0.29) is 34.7 Å². The fraction of sp³-hybridized carbons (Fsp3) is 0.632. The smallest absolute Gasteiger partial charge is 0.254 e. The summed E-state index contributed by atoms with van der Waals surface area (Å²) in [5.74, 6) is -0.152. The van der Waals surface area contributed by atoms with E-state index in [1.807, 2.05) is 0 Å². The van der Waals surface area contributed by atoms with Crippen LogP contribution in [-0.4, -0.2) is 77.5 Å². The second kappa shape index (κ2) is 10.1. The number of amides is 1. The molecule has 11 heteroatoms. The number of carbonyl (C=O) groups excluding carboxylic acids is 1. The van der Waals surface area contributed by atoms with Gasteiger partial charge in [-0.25, -0.2) is 21.6 Å². The minimum Gasteiger partial charge on any atom is -0.495 e. The van der Waals surface area contributed by atoms with Crippen LogP contribution < -0.4 is 9.46 Å². The largest absolute Gasteiger partial charge is 0.495 e. The molecule has 30 heavy (non-hydrogen) atoms. The van der Waals surface area contributed by atoms with E-state index in [0.717, 1.165) is 19.1 Å². The Bertz CT molecular complexity index is 958. The summed E-state index contributed by atoms with van der Waals surface area (Å²) in [6.45, 7) is 4.70. The Morgan fingerprint density at radius 3 is 2.43 bits per heavy atom. The number of rotatable bonds is 9. The molecule has 1 N–H and O–H groups in total. The van der Waals surface area contributed by atoms with Gasteiger partial charge in [0.2, 0.25) is 20.0 Å². The molecule has 1 fully saturated rings. The van der Waals surface area contributed by atoms with Crippen molar-refractivity contribution in [3.05, 3.63) is 23.8 Å². The Labute approximate surface area is 179 Å². The highest BCUT2D eigenvalue weighted by Crippen LogP contribution is 2.29. The second-order valence-electron chi connectivity index (χ2n) is 7.22. The van der Waals surface area contributed by atoms with Gasteiger partial charge in [-0.2, -0.15) is 4.31 Å². The molecule has 1 aromatic rings. The zero-order valence-electron chi connectivity index (χ0n) is 17.9. The molecule has 0 aromatic heterocycles. The highest BCUT2D eigenvalue weighted by molar-refractivity contribution is 7.89. The van der Waals surface area contributed by atoms with Crippen LogP contribution in [0.4, 0.5) is 0 Å². The molecule has 1 aromatic carbocycles. The maximum atomic E-state index is 13.2. The predicted octanol–water partition coefficient (Wildman–Crippen LogP) is 1.27. The third-order valence-corrected chi connectivity index (χ3v) is 7.97. The minimum absolute atomic E-state index is 0.0534. The first-order valence-electron chi connectivity index (χ1n) is 9.99. The van der Waals surface area contributed by atoms with Crippen LogP contribution >= 0.6 is 0 Å². The van der Waals surface area contributed by atoms with Gasteiger partial charge in [0, 0.05) is 37.8 Å². The van der Waals surface area contributed by atoms with Crippen molar-refractivity contribution in [2.75, 3.05) is 39.5 Å². The number of hydrogen-bond acceptors (Lipinski definition) is 6. The summed E-state index contributed by atoms with van der Waals surface area (Å²) in [5.41, 5.74) is 0.229. The van der Waals surface area contributed by atoms with Crippen LogP contribution in [0.3, 0.4) is 0 Å². The van der Waals surface area contributed by atoms with Gasteiger partial charge in [-0.15, -0.1) is 0 Å². The molecule has 1 unspecified atom stereocenters. The maximum Gasteiger partial charge on any atom is 0.254 e. The lowest BCUT2D eigenvalue weighted by atomic mass is 10.0. The van der Waals surface area contributed by atoms with Gasteiger partial charge in [0.15, 0.2) is 0 Å². The number of benzene rings is 1. The van der Waals surface area contributed by atoms with Crippen molar-refractivity contribution < 1.29 is 26.4 Å². The lowest BCUT2D eigenvalue weighted by Gasteiger charge is -2.36. The molecule has 1 amide bonds. The van der Waals surface area contributed by atoms with Gasteiger partial charge in [-0.1, -0.05) is 13.8 Å². The monoisotopic (exact) mass is 461 g/mol. The standard InChI is InChI=1S/C19H31N3O6S2/c1-5-21(6-2)30(26,27)18-13-15(10-11-17(18)28-3)19(23)22-12-8-7-9-16(22)14-20-29(4,24)25/h10-11,13,16,20H,5-9,12,14H2,1-4H3. The van der Waals surface area contributed by atoms with Crippen molar-refractivity contribution in [2.45, 2.75) is 44.0 Å². The molecule has 1 aliphatic rings. The number of nitrogens with one attached hydrogen (secondary N) is 1. The molecule has 0 aliphatic carbocycles. The van der Waals surface area contributed by atoms with Gasteiger partial charge in [0.05, 0.1) is 13.4 Å². The third-order valence-electron chi connectivity index (χ3n) is 5.20. The quantitative estimate of drug-likeness (QED) is 0.593. The van der Waals surface area contributed by atoms with Gasteiger partial charge < -0.3 is 9.64 Å². The summed E-state index contributed by atoms with van der Waals surface area (Å²) >= 11 is 0. The van der Waals surface area contributed by atoms with E-state index < -0.39 is 20.0 Å². The van der Waals surface area contributed by atoms with Crippen molar-refractivity contribution in [2.24, 2.45) is 0 Å². The number of likely N-dealkylation sites (tertiary alicyclic amines) is 1. The predicted molar refractivity (Wildman–Crippen MR) is 115 cm³/mol. The van der Waals surface area contributed by atoms with Crippen molar-refractivity contribution >= 4 is 26.0 Å². The summed E-state index contributed by atoms with van der Waals surface area (Å²) in [5, 5.41) is 0. The van der Waals surface area contributed by atoms with Crippen molar-refractivity contribution in [1.29, 1.82) is 0 Å². The molecule has 1 aliphatic heterocycles. The van der Waals surface area contributed by atoms with E-state index in [2.05, 4.69) is 4.72 Å². The van der Waals surface area contributed by atoms with E-state index in [9.17, 15) is 21.6 Å². The summed E-state index contributed by atoms with van der Waals surface area (Å²) in [7, 11) is -5.82. The molecule has 0 saturated carbocycles. The summed E-state index contributed by atoms with van der Waals surface area (Å²) < 4.78 is 58.0. The molecule has 2 rings (SSSR count). The zero-order valence-corrected chi connectivity index (χ0v) is 19.6. The lowest BCUT2D eigenvalue weighted by molar-refractivity contribution is 0.0618. The van der Waals surface area contributed by atoms with E-state index in [0.29, 0.717) is 26.1 Å². The van der Waals surface area contributed by atoms with Crippen LogP contribution in [0.1, 0.15) is 43.5 Å². The lowest BCUT2D eigenvalue weighted by Crippen LogP contribution is -2.49. The Kier molecular flexibility index (Phi) is 8.26. The first kappa shape index (κ1) is 24.6. The Balaban J connectivity index is 2.39. The van der Waals surface area contributed by atoms with Crippen LogP contribution in [0.15, 0.2) is 23.1 Å². The first-order valence-corrected chi connectivity index (χ1v) is 13.3. The Hall–Kier alpha value is -1.69. The highest BCUT2D eigenvalue weighted by Gasteiger charge is 2.31. The average Bonchev–Trinajstić information content (AvgIpc) is 2.71.